The maximum absolute atomic E-state index is 12.7. The summed E-state index contributed by atoms with van der Waals surface area (Å²) in [5.74, 6) is -0.119. The highest BCUT2D eigenvalue weighted by Gasteiger charge is 2.30. The van der Waals surface area contributed by atoms with Gasteiger partial charge >= 0.3 is 6.03 Å². The Balaban J connectivity index is 1.61. The zero-order valence-electron chi connectivity index (χ0n) is 15.0. The molecule has 0 spiro atoms. The molecule has 0 aliphatic carbocycles. The summed E-state index contributed by atoms with van der Waals surface area (Å²) in [4.78, 5) is 29.1. The molecule has 3 rings (SSSR count). The molecule has 0 saturated carbocycles. The zero-order chi connectivity index (χ0) is 17.6. The Kier molecular flexibility index (Phi) is 5.91. The van der Waals surface area contributed by atoms with Crippen molar-refractivity contribution in [3.63, 3.8) is 0 Å². The Labute approximate surface area is 149 Å². The van der Waals surface area contributed by atoms with Crippen molar-refractivity contribution in [3.8, 4) is 0 Å². The molecule has 2 saturated heterocycles. The van der Waals surface area contributed by atoms with Gasteiger partial charge in [-0.2, -0.15) is 0 Å². The van der Waals surface area contributed by atoms with Crippen molar-refractivity contribution in [3.05, 3.63) is 29.8 Å². The van der Waals surface area contributed by atoms with Crippen molar-refractivity contribution >= 4 is 17.6 Å². The van der Waals surface area contributed by atoms with Crippen LogP contribution in [0.4, 0.5) is 10.5 Å². The van der Waals surface area contributed by atoms with Crippen LogP contribution in [0.15, 0.2) is 24.3 Å². The minimum atomic E-state index is -0.119. The number of nitrogens with one attached hydrogen (secondary N) is 2. The van der Waals surface area contributed by atoms with Gasteiger partial charge in [0, 0.05) is 36.9 Å². The standard InChI is InChI=1S/C19H28N4O2/c1-2-20-18(24)15-7-5-8-16(13-15)21-19(25)23-12-6-9-17(23)14-22-10-3-4-11-22/h5,7-8,13,17H,2-4,6,9-12,14H2,1H3,(H,20,24)(H,21,25)/t17-/m0/s1. The Morgan fingerprint density at radius 2 is 1.96 bits per heavy atom. The smallest absolute Gasteiger partial charge is 0.322 e. The maximum atomic E-state index is 12.7. The number of urea groups is 1. The van der Waals surface area contributed by atoms with E-state index in [-0.39, 0.29) is 11.9 Å². The lowest BCUT2D eigenvalue weighted by atomic mass is 10.2. The van der Waals surface area contributed by atoms with Gasteiger partial charge in [-0.25, -0.2) is 4.79 Å². The third kappa shape index (κ3) is 4.51. The first-order valence-electron chi connectivity index (χ1n) is 9.35. The molecule has 2 N–H and O–H groups in total. The molecule has 0 unspecified atom stereocenters. The van der Waals surface area contributed by atoms with Crippen LogP contribution in [0.1, 0.15) is 43.0 Å². The highest BCUT2D eigenvalue weighted by atomic mass is 16.2. The fourth-order valence-electron chi connectivity index (χ4n) is 3.75. The third-order valence-electron chi connectivity index (χ3n) is 5.02. The van der Waals surface area contributed by atoms with Gasteiger partial charge in [-0.05, 0) is 63.9 Å². The molecule has 0 bridgehead atoms. The van der Waals surface area contributed by atoms with E-state index in [0.717, 1.165) is 39.0 Å². The predicted molar refractivity (Wildman–Crippen MR) is 98.9 cm³/mol. The third-order valence-corrected chi connectivity index (χ3v) is 5.02. The summed E-state index contributed by atoms with van der Waals surface area (Å²) in [6, 6.07) is 7.35. The van der Waals surface area contributed by atoms with Gasteiger partial charge in [0.15, 0.2) is 0 Å². The average molecular weight is 344 g/mol. The molecule has 3 amide bonds. The van der Waals surface area contributed by atoms with E-state index in [1.54, 1.807) is 18.2 Å². The predicted octanol–water partition coefficient (Wildman–Crippen LogP) is 2.53. The van der Waals surface area contributed by atoms with Gasteiger partial charge in [-0.15, -0.1) is 0 Å². The highest BCUT2D eigenvalue weighted by Crippen LogP contribution is 2.22. The molecule has 1 atom stereocenters. The molecule has 1 aromatic rings. The normalized spacial score (nSPS) is 20.7. The van der Waals surface area contributed by atoms with E-state index in [0.29, 0.717) is 23.8 Å². The number of carbonyl (C=O) groups excluding carboxylic acids is 2. The van der Waals surface area contributed by atoms with E-state index < -0.39 is 0 Å². The Morgan fingerprint density at radius 1 is 1.16 bits per heavy atom. The monoisotopic (exact) mass is 344 g/mol. The van der Waals surface area contributed by atoms with E-state index in [2.05, 4.69) is 15.5 Å². The van der Waals surface area contributed by atoms with Crippen molar-refractivity contribution in [1.29, 1.82) is 0 Å². The molecule has 6 nitrogen and oxygen atoms in total. The second-order valence-electron chi connectivity index (χ2n) is 6.87. The number of likely N-dealkylation sites (tertiary alicyclic amines) is 2. The van der Waals surface area contributed by atoms with E-state index in [4.69, 9.17) is 0 Å². The lowest BCUT2D eigenvalue weighted by molar-refractivity contribution is 0.0956. The summed E-state index contributed by atoms with van der Waals surface area (Å²) in [6.45, 7) is 6.56. The van der Waals surface area contributed by atoms with Crippen LogP contribution in [0.5, 0.6) is 0 Å². The largest absolute Gasteiger partial charge is 0.352 e. The van der Waals surface area contributed by atoms with Crippen LogP contribution in [-0.4, -0.2) is 60.5 Å². The molecule has 2 aliphatic heterocycles. The lowest BCUT2D eigenvalue weighted by Crippen LogP contribution is -2.44. The minimum Gasteiger partial charge on any atom is -0.352 e. The number of carbonyl (C=O) groups is 2. The molecule has 0 radical (unpaired) electrons. The minimum absolute atomic E-state index is 0.0604. The van der Waals surface area contributed by atoms with Crippen molar-refractivity contribution < 1.29 is 9.59 Å². The van der Waals surface area contributed by atoms with Gasteiger partial charge in [0.2, 0.25) is 0 Å². The van der Waals surface area contributed by atoms with Gasteiger partial charge in [0.1, 0.15) is 0 Å². The number of rotatable bonds is 5. The van der Waals surface area contributed by atoms with Crippen LogP contribution in [0, 0.1) is 0 Å². The molecule has 0 aromatic heterocycles. The van der Waals surface area contributed by atoms with Gasteiger partial charge in [0.25, 0.3) is 5.91 Å². The number of hydrogen-bond donors (Lipinski definition) is 2. The molecule has 2 fully saturated rings. The molecule has 6 heteroatoms. The van der Waals surface area contributed by atoms with Crippen molar-refractivity contribution in [1.82, 2.24) is 15.1 Å². The van der Waals surface area contributed by atoms with Crippen LogP contribution in [-0.2, 0) is 0 Å². The maximum Gasteiger partial charge on any atom is 0.322 e. The molecular formula is C19H28N4O2. The first kappa shape index (κ1) is 17.7. The topological polar surface area (TPSA) is 64.7 Å². The van der Waals surface area contributed by atoms with Gasteiger partial charge < -0.3 is 20.4 Å². The van der Waals surface area contributed by atoms with Gasteiger partial charge in [-0.3, -0.25) is 4.79 Å². The van der Waals surface area contributed by atoms with Crippen molar-refractivity contribution in [2.75, 3.05) is 38.0 Å². The Bertz CT molecular complexity index is 613. The van der Waals surface area contributed by atoms with Crippen LogP contribution in [0.2, 0.25) is 0 Å². The van der Waals surface area contributed by atoms with E-state index in [1.165, 1.54) is 12.8 Å². The Morgan fingerprint density at radius 3 is 2.72 bits per heavy atom. The van der Waals surface area contributed by atoms with Crippen LogP contribution in [0.25, 0.3) is 0 Å². The molecule has 2 heterocycles. The summed E-state index contributed by atoms with van der Waals surface area (Å²) >= 11 is 0. The van der Waals surface area contributed by atoms with E-state index in [9.17, 15) is 9.59 Å². The lowest BCUT2D eigenvalue weighted by Gasteiger charge is -2.28. The molecule has 2 aliphatic rings. The van der Waals surface area contributed by atoms with Crippen LogP contribution < -0.4 is 10.6 Å². The first-order chi connectivity index (χ1) is 12.2. The summed E-state index contributed by atoms with van der Waals surface area (Å²) < 4.78 is 0. The fourth-order valence-corrected chi connectivity index (χ4v) is 3.75. The number of amides is 3. The van der Waals surface area contributed by atoms with E-state index >= 15 is 0 Å². The fraction of sp³-hybridized carbons (Fsp3) is 0.579. The van der Waals surface area contributed by atoms with Crippen LogP contribution in [0.3, 0.4) is 0 Å². The van der Waals surface area contributed by atoms with Gasteiger partial charge in [0.05, 0.1) is 0 Å². The molecule has 25 heavy (non-hydrogen) atoms. The second kappa shape index (κ2) is 8.34. The number of anilines is 1. The highest BCUT2D eigenvalue weighted by molar-refractivity contribution is 5.96. The number of hydrogen-bond acceptors (Lipinski definition) is 3. The number of nitrogens with zero attached hydrogens (tertiary/aromatic N) is 2. The summed E-state index contributed by atoms with van der Waals surface area (Å²) in [5, 5.41) is 5.74. The quantitative estimate of drug-likeness (QED) is 0.863. The number of benzene rings is 1. The van der Waals surface area contributed by atoms with E-state index in [1.807, 2.05) is 17.9 Å². The molecule has 136 valence electrons. The van der Waals surface area contributed by atoms with Crippen molar-refractivity contribution in [2.24, 2.45) is 0 Å². The first-order valence-corrected chi connectivity index (χ1v) is 9.35. The molecule has 1 aromatic carbocycles. The second-order valence-corrected chi connectivity index (χ2v) is 6.87. The van der Waals surface area contributed by atoms with Crippen LogP contribution >= 0.6 is 0 Å². The Hall–Kier alpha value is -2.08. The zero-order valence-corrected chi connectivity index (χ0v) is 15.0. The summed E-state index contributed by atoms with van der Waals surface area (Å²) in [7, 11) is 0. The summed E-state index contributed by atoms with van der Waals surface area (Å²) in [5.41, 5.74) is 1.23. The molecular weight excluding hydrogens is 316 g/mol. The SMILES string of the molecule is CCNC(=O)c1cccc(NC(=O)N2CCC[C@H]2CN2CCCC2)c1. The average Bonchev–Trinajstić information content (AvgIpc) is 3.27. The van der Waals surface area contributed by atoms with Crippen molar-refractivity contribution in [2.45, 2.75) is 38.6 Å². The van der Waals surface area contributed by atoms with Gasteiger partial charge in [-0.1, -0.05) is 6.07 Å². The summed E-state index contributed by atoms with van der Waals surface area (Å²) in [6.07, 6.45) is 4.67.